The third kappa shape index (κ3) is 2.17. The molecule has 1 atom stereocenters. The van der Waals surface area contributed by atoms with Crippen LogP contribution in [-0.2, 0) is 14.4 Å². The van der Waals surface area contributed by atoms with Crippen LogP contribution in [0.3, 0.4) is 0 Å². The van der Waals surface area contributed by atoms with Crippen molar-refractivity contribution in [2.75, 3.05) is 0 Å². The van der Waals surface area contributed by atoms with E-state index in [1.807, 2.05) is 0 Å². The zero-order chi connectivity index (χ0) is 14.6. The molecule has 114 valence electrons. The van der Waals surface area contributed by atoms with Gasteiger partial charge in [-0.05, 0) is 62.7 Å². The van der Waals surface area contributed by atoms with E-state index in [4.69, 9.17) is 0 Å². The third-order valence-electron chi connectivity index (χ3n) is 6.06. The van der Waals surface area contributed by atoms with E-state index in [1.54, 1.807) is 0 Å². The van der Waals surface area contributed by atoms with Crippen LogP contribution in [0.15, 0.2) is 0 Å². The van der Waals surface area contributed by atoms with Crippen molar-refractivity contribution < 1.29 is 14.4 Å². The number of amides is 3. The molecule has 5 nitrogen and oxygen atoms in total. The monoisotopic (exact) mass is 290 g/mol. The lowest BCUT2D eigenvalue weighted by atomic mass is 9.49. The first-order valence-electron chi connectivity index (χ1n) is 8.19. The Labute approximate surface area is 124 Å². The summed E-state index contributed by atoms with van der Waals surface area (Å²) >= 11 is 0. The maximum Gasteiger partial charge on any atom is 0.249 e. The third-order valence-corrected chi connectivity index (χ3v) is 6.06. The molecular formula is C16H22N2O3. The highest BCUT2D eigenvalue weighted by Crippen LogP contribution is 2.60. The van der Waals surface area contributed by atoms with E-state index >= 15 is 0 Å². The summed E-state index contributed by atoms with van der Waals surface area (Å²) in [6.07, 6.45) is 7.63. The second-order valence-corrected chi connectivity index (χ2v) is 7.68. The molecule has 5 fully saturated rings. The molecule has 5 heteroatoms. The highest BCUT2D eigenvalue weighted by atomic mass is 16.2. The summed E-state index contributed by atoms with van der Waals surface area (Å²) in [5, 5.41) is 5.26. The first-order chi connectivity index (χ1) is 10.0. The summed E-state index contributed by atoms with van der Waals surface area (Å²) in [6.45, 7) is 0. The second kappa shape index (κ2) is 4.55. The largest absolute Gasteiger partial charge is 0.344 e. The van der Waals surface area contributed by atoms with Crippen LogP contribution in [0.5, 0.6) is 0 Å². The van der Waals surface area contributed by atoms with Crippen molar-refractivity contribution in [3.05, 3.63) is 0 Å². The van der Waals surface area contributed by atoms with E-state index in [1.165, 1.54) is 19.3 Å². The lowest BCUT2D eigenvalue weighted by molar-refractivity contribution is -0.149. The fourth-order valence-corrected chi connectivity index (χ4v) is 5.53. The molecule has 4 bridgehead atoms. The van der Waals surface area contributed by atoms with E-state index in [0.717, 1.165) is 19.3 Å². The van der Waals surface area contributed by atoms with Gasteiger partial charge in [-0.2, -0.15) is 0 Å². The van der Waals surface area contributed by atoms with Gasteiger partial charge in [0.15, 0.2) is 0 Å². The van der Waals surface area contributed by atoms with Crippen LogP contribution >= 0.6 is 0 Å². The van der Waals surface area contributed by atoms with Crippen LogP contribution < -0.4 is 10.6 Å². The van der Waals surface area contributed by atoms with Crippen LogP contribution in [-0.4, -0.2) is 23.8 Å². The molecule has 1 unspecified atom stereocenters. The topological polar surface area (TPSA) is 75.3 Å². The molecule has 0 aromatic carbocycles. The Hall–Kier alpha value is -1.39. The fourth-order valence-electron chi connectivity index (χ4n) is 5.53. The van der Waals surface area contributed by atoms with Gasteiger partial charge in [0.25, 0.3) is 0 Å². The van der Waals surface area contributed by atoms with Gasteiger partial charge in [-0.15, -0.1) is 0 Å². The maximum atomic E-state index is 12.8. The van der Waals surface area contributed by atoms with Gasteiger partial charge in [0, 0.05) is 11.8 Å². The molecule has 0 spiro atoms. The van der Waals surface area contributed by atoms with Crippen LogP contribution in [0.2, 0.25) is 0 Å². The molecule has 5 aliphatic rings. The van der Waals surface area contributed by atoms with E-state index in [-0.39, 0.29) is 23.1 Å². The number of hydrogen-bond donors (Lipinski definition) is 2. The lowest BCUT2D eigenvalue weighted by Crippen LogP contribution is -2.59. The lowest BCUT2D eigenvalue weighted by Gasteiger charge is -2.55. The minimum absolute atomic E-state index is 0.0658. The number of rotatable bonds is 2. The van der Waals surface area contributed by atoms with E-state index in [9.17, 15) is 14.4 Å². The van der Waals surface area contributed by atoms with Gasteiger partial charge in [0.05, 0.1) is 0 Å². The number of imide groups is 1. The smallest absolute Gasteiger partial charge is 0.249 e. The van der Waals surface area contributed by atoms with Gasteiger partial charge < -0.3 is 5.32 Å². The summed E-state index contributed by atoms with van der Waals surface area (Å²) in [7, 11) is 0. The Morgan fingerprint density at radius 2 is 1.62 bits per heavy atom. The molecule has 0 aromatic rings. The number of piperidine rings is 1. The fraction of sp³-hybridized carbons (Fsp3) is 0.812. The summed E-state index contributed by atoms with van der Waals surface area (Å²) < 4.78 is 0. The standard InChI is InChI=1S/C16H22N2O3/c19-13-2-1-12(14(20)18-13)17-15(21)16-6-9-3-10(7-16)5-11(4-9)8-16/h9-12H,1-8H2,(H,17,21)(H,18,19,20). The molecule has 4 saturated carbocycles. The highest BCUT2D eigenvalue weighted by molar-refractivity contribution is 6.02. The Bertz CT molecular complexity index is 478. The van der Waals surface area contributed by atoms with E-state index in [2.05, 4.69) is 10.6 Å². The predicted octanol–water partition coefficient (Wildman–Crippen LogP) is 1.12. The predicted molar refractivity (Wildman–Crippen MR) is 74.9 cm³/mol. The normalized spacial score (nSPS) is 44.6. The Kier molecular flexibility index (Phi) is 2.88. The molecule has 1 heterocycles. The Morgan fingerprint density at radius 1 is 1.05 bits per heavy atom. The average molecular weight is 290 g/mol. The first-order valence-corrected chi connectivity index (χ1v) is 8.19. The van der Waals surface area contributed by atoms with Crippen molar-refractivity contribution in [1.82, 2.24) is 10.6 Å². The minimum atomic E-state index is -0.525. The summed E-state index contributed by atoms with van der Waals surface area (Å²) in [5.74, 6) is 1.62. The van der Waals surface area contributed by atoms with Crippen LogP contribution in [0.25, 0.3) is 0 Å². The second-order valence-electron chi connectivity index (χ2n) is 7.68. The van der Waals surface area contributed by atoms with Crippen LogP contribution in [0.1, 0.15) is 51.4 Å². The molecule has 21 heavy (non-hydrogen) atoms. The molecule has 0 radical (unpaired) electrons. The van der Waals surface area contributed by atoms with Crippen molar-refractivity contribution in [3.63, 3.8) is 0 Å². The highest BCUT2D eigenvalue weighted by Gasteiger charge is 2.55. The van der Waals surface area contributed by atoms with Gasteiger partial charge in [0.2, 0.25) is 17.7 Å². The Balaban J connectivity index is 1.48. The molecule has 1 aliphatic heterocycles. The van der Waals surface area contributed by atoms with E-state index in [0.29, 0.717) is 30.6 Å². The minimum Gasteiger partial charge on any atom is -0.344 e. The van der Waals surface area contributed by atoms with Gasteiger partial charge in [0.1, 0.15) is 6.04 Å². The molecule has 3 amide bonds. The van der Waals surface area contributed by atoms with Gasteiger partial charge in [-0.3, -0.25) is 19.7 Å². The number of carbonyl (C=O) groups excluding carboxylic acids is 3. The SMILES string of the molecule is O=C1CCC(NC(=O)C23CC4CC(CC(C4)C2)C3)C(=O)N1. The van der Waals surface area contributed by atoms with Crippen molar-refractivity contribution in [2.45, 2.75) is 57.4 Å². The van der Waals surface area contributed by atoms with Crippen LogP contribution in [0.4, 0.5) is 0 Å². The maximum absolute atomic E-state index is 12.8. The molecule has 2 N–H and O–H groups in total. The quantitative estimate of drug-likeness (QED) is 0.748. The molecular weight excluding hydrogens is 268 g/mol. The zero-order valence-electron chi connectivity index (χ0n) is 12.2. The van der Waals surface area contributed by atoms with Crippen molar-refractivity contribution in [2.24, 2.45) is 23.2 Å². The summed E-state index contributed by atoms with van der Waals surface area (Å²) in [4.78, 5) is 35.8. The van der Waals surface area contributed by atoms with Crippen molar-refractivity contribution in [3.8, 4) is 0 Å². The zero-order valence-corrected chi connectivity index (χ0v) is 12.2. The first kappa shape index (κ1) is 13.3. The number of nitrogens with one attached hydrogen (secondary N) is 2. The molecule has 0 aromatic heterocycles. The van der Waals surface area contributed by atoms with E-state index < -0.39 is 6.04 Å². The summed E-state index contributed by atoms with van der Waals surface area (Å²) in [5.41, 5.74) is -0.226. The van der Waals surface area contributed by atoms with Gasteiger partial charge in [-0.25, -0.2) is 0 Å². The van der Waals surface area contributed by atoms with Gasteiger partial charge in [-0.1, -0.05) is 0 Å². The average Bonchev–Trinajstić information content (AvgIpc) is 2.40. The van der Waals surface area contributed by atoms with Crippen LogP contribution in [0, 0.1) is 23.2 Å². The van der Waals surface area contributed by atoms with Crippen molar-refractivity contribution >= 4 is 17.7 Å². The Morgan fingerprint density at radius 3 is 2.14 bits per heavy atom. The van der Waals surface area contributed by atoms with Gasteiger partial charge >= 0.3 is 0 Å². The number of hydrogen-bond acceptors (Lipinski definition) is 3. The number of carbonyl (C=O) groups is 3. The molecule has 1 saturated heterocycles. The molecule has 5 rings (SSSR count). The van der Waals surface area contributed by atoms with Crippen molar-refractivity contribution in [1.29, 1.82) is 0 Å². The summed E-state index contributed by atoms with van der Waals surface area (Å²) in [6, 6.07) is -0.525. The molecule has 4 aliphatic carbocycles.